The van der Waals surface area contributed by atoms with Crippen LogP contribution in [0.5, 0.6) is 11.5 Å². The Morgan fingerprint density at radius 3 is 2.50 bits per heavy atom. The van der Waals surface area contributed by atoms with Crippen LogP contribution in [0.3, 0.4) is 0 Å². The second kappa shape index (κ2) is 6.24. The summed E-state index contributed by atoms with van der Waals surface area (Å²) in [4.78, 5) is 2.28. The van der Waals surface area contributed by atoms with Crippen molar-refractivity contribution in [3.05, 3.63) is 42.0 Å². The fraction of sp³-hybridized carbons (Fsp3) is 0.294. The number of rotatable bonds is 5. The first-order valence-corrected chi connectivity index (χ1v) is 9.02. The Balaban J connectivity index is 1.89. The van der Waals surface area contributed by atoms with Gasteiger partial charge in [-0.3, -0.25) is 4.72 Å². The molecule has 0 saturated carbocycles. The summed E-state index contributed by atoms with van der Waals surface area (Å²) in [7, 11) is 1.30. The molecule has 2 aromatic rings. The second-order valence-electron chi connectivity index (χ2n) is 5.64. The Hall–Kier alpha value is -2.41. The molecule has 1 aliphatic rings. The first-order valence-electron chi connectivity index (χ1n) is 7.53. The molecular weight excluding hydrogens is 328 g/mol. The molecule has 1 heterocycles. The molecule has 6 nitrogen and oxygen atoms in total. The van der Waals surface area contributed by atoms with Crippen LogP contribution in [-0.2, 0) is 16.4 Å². The van der Waals surface area contributed by atoms with E-state index in [0.717, 1.165) is 24.2 Å². The molecule has 1 N–H and O–H groups in total. The Kier molecular flexibility index (Phi) is 4.28. The number of benzene rings is 2. The number of fused-ring (bicyclic) bond motifs is 1. The third kappa shape index (κ3) is 2.99. The minimum Gasteiger partial charge on any atom is -0.493 e. The van der Waals surface area contributed by atoms with E-state index in [2.05, 4.69) is 9.62 Å². The molecule has 0 atom stereocenters. The van der Waals surface area contributed by atoms with Crippen molar-refractivity contribution < 1.29 is 17.9 Å². The van der Waals surface area contributed by atoms with Crippen LogP contribution in [0, 0.1) is 0 Å². The highest BCUT2D eigenvalue weighted by Crippen LogP contribution is 2.32. The molecule has 128 valence electrons. The number of ether oxygens (including phenoxy) is 2. The van der Waals surface area contributed by atoms with Crippen molar-refractivity contribution in [3.8, 4) is 11.5 Å². The number of nitrogens with one attached hydrogen (secondary N) is 1. The normalized spacial score (nSPS) is 13.5. The molecule has 0 radical (unpaired) electrons. The van der Waals surface area contributed by atoms with Crippen LogP contribution in [0.2, 0.25) is 0 Å². The molecule has 2 aromatic carbocycles. The van der Waals surface area contributed by atoms with E-state index in [0.29, 0.717) is 17.2 Å². The zero-order valence-electron chi connectivity index (χ0n) is 13.9. The van der Waals surface area contributed by atoms with Gasteiger partial charge in [-0.25, -0.2) is 8.42 Å². The number of hydrogen-bond acceptors (Lipinski definition) is 5. The van der Waals surface area contributed by atoms with Gasteiger partial charge in [-0.1, -0.05) is 0 Å². The van der Waals surface area contributed by atoms with Gasteiger partial charge in [0, 0.05) is 31.0 Å². The zero-order chi connectivity index (χ0) is 17.3. The molecule has 0 unspecified atom stereocenters. The number of likely N-dealkylation sites (N-methyl/N-ethyl adjacent to an activating group) is 1. The summed E-state index contributed by atoms with van der Waals surface area (Å²) in [6, 6.07) is 10.1. The highest BCUT2D eigenvalue weighted by molar-refractivity contribution is 7.92. The molecule has 0 amide bonds. The fourth-order valence-corrected chi connectivity index (χ4v) is 3.89. The van der Waals surface area contributed by atoms with E-state index < -0.39 is 10.0 Å². The van der Waals surface area contributed by atoms with Gasteiger partial charge in [0.25, 0.3) is 10.0 Å². The Morgan fingerprint density at radius 1 is 1.04 bits per heavy atom. The predicted molar refractivity (Wildman–Crippen MR) is 93.8 cm³/mol. The molecule has 0 fully saturated rings. The van der Waals surface area contributed by atoms with Gasteiger partial charge in [0.05, 0.1) is 19.1 Å². The van der Waals surface area contributed by atoms with Crippen molar-refractivity contribution in [2.24, 2.45) is 0 Å². The molecule has 0 aromatic heterocycles. The Labute approximate surface area is 142 Å². The molecule has 24 heavy (non-hydrogen) atoms. The maximum absolute atomic E-state index is 12.6. The summed E-state index contributed by atoms with van der Waals surface area (Å²) < 4.78 is 38.2. The van der Waals surface area contributed by atoms with Gasteiger partial charge in [-0.05, 0) is 42.3 Å². The molecule has 0 spiro atoms. The van der Waals surface area contributed by atoms with E-state index in [4.69, 9.17) is 9.47 Å². The summed E-state index contributed by atoms with van der Waals surface area (Å²) in [5.74, 6) is 0.855. The average Bonchev–Trinajstić information content (AvgIpc) is 2.94. The van der Waals surface area contributed by atoms with Gasteiger partial charge in [-0.15, -0.1) is 0 Å². The van der Waals surface area contributed by atoms with Crippen molar-refractivity contribution >= 4 is 21.4 Å². The van der Waals surface area contributed by atoms with Crippen molar-refractivity contribution in [1.29, 1.82) is 0 Å². The van der Waals surface area contributed by atoms with Crippen LogP contribution >= 0.6 is 0 Å². The molecule has 0 aliphatic carbocycles. The summed E-state index contributed by atoms with van der Waals surface area (Å²) >= 11 is 0. The quantitative estimate of drug-likeness (QED) is 0.899. The number of methoxy groups -OCH3 is 2. The summed E-state index contributed by atoms with van der Waals surface area (Å²) in [6.45, 7) is 0.946. The maximum atomic E-state index is 12.6. The van der Waals surface area contributed by atoms with Crippen molar-refractivity contribution in [2.45, 2.75) is 11.3 Å². The lowest BCUT2D eigenvalue weighted by atomic mass is 10.1. The smallest absolute Gasteiger partial charge is 0.262 e. The molecule has 1 aliphatic heterocycles. The van der Waals surface area contributed by atoms with Crippen LogP contribution in [0.1, 0.15) is 5.56 Å². The van der Waals surface area contributed by atoms with E-state index in [1.54, 1.807) is 12.1 Å². The minimum absolute atomic E-state index is 0.123. The Morgan fingerprint density at radius 2 is 1.79 bits per heavy atom. The van der Waals surface area contributed by atoms with E-state index in [1.165, 1.54) is 26.4 Å². The van der Waals surface area contributed by atoms with Crippen molar-refractivity contribution in [2.75, 3.05) is 37.4 Å². The second-order valence-corrected chi connectivity index (χ2v) is 7.32. The molecule has 0 saturated heterocycles. The highest BCUT2D eigenvalue weighted by atomic mass is 32.2. The van der Waals surface area contributed by atoms with Gasteiger partial charge in [0.1, 0.15) is 0 Å². The third-order valence-electron chi connectivity index (χ3n) is 4.12. The lowest BCUT2D eigenvalue weighted by molar-refractivity contribution is 0.354. The lowest BCUT2D eigenvalue weighted by Gasteiger charge is -2.14. The van der Waals surface area contributed by atoms with Gasteiger partial charge in [0.2, 0.25) is 0 Å². The fourth-order valence-electron chi connectivity index (χ4n) is 2.83. The van der Waals surface area contributed by atoms with E-state index in [9.17, 15) is 8.42 Å². The van der Waals surface area contributed by atoms with Crippen LogP contribution in [0.15, 0.2) is 41.3 Å². The maximum Gasteiger partial charge on any atom is 0.262 e. The van der Waals surface area contributed by atoms with E-state index >= 15 is 0 Å². The first kappa shape index (κ1) is 16.4. The molecule has 0 bridgehead atoms. The monoisotopic (exact) mass is 348 g/mol. The topological polar surface area (TPSA) is 67.9 Å². The zero-order valence-corrected chi connectivity index (χ0v) is 14.7. The summed E-state index contributed by atoms with van der Waals surface area (Å²) in [6.07, 6.45) is 0.914. The van der Waals surface area contributed by atoms with Gasteiger partial charge in [0.15, 0.2) is 11.5 Å². The number of nitrogens with zero attached hydrogens (tertiary/aromatic N) is 1. The first-order chi connectivity index (χ1) is 11.4. The van der Waals surface area contributed by atoms with Gasteiger partial charge < -0.3 is 14.4 Å². The van der Waals surface area contributed by atoms with Crippen LogP contribution in [-0.4, -0.2) is 36.2 Å². The molecule has 3 rings (SSSR count). The number of anilines is 2. The van der Waals surface area contributed by atoms with Crippen molar-refractivity contribution in [1.82, 2.24) is 0 Å². The summed E-state index contributed by atoms with van der Waals surface area (Å²) in [5, 5.41) is 0. The SMILES string of the molecule is COc1ccc(S(=O)(=O)Nc2ccc3c(c2)CCN3C)cc1OC. The largest absolute Gasteiger partial charge is 0.493 e. The number of hydrogen-bond donors (Lipinski definition) is 1. The number of sulfonamides is 1. The minimum atomic E-state index is -3.70. The van der Waals surface area contributed by atoms with Gasteiger partial charge in [-0.2, -0.15) is 0 Å². The van der Waals surface area contributed by atoms with Gasteiger partial charge >= 0.3 is 0 Å². The summed E-state index contributed by atoms with van der Waals surface area (Å²) in [5.41, 5.74) is 2.84. The third-order valence-corrected chi connectivity index (χ3v) is 5.50. The van der Waals surface area contributed by atoms with Crippen LogP contribution in [0.25, 0.3) is 0 Å². The van der Waals surface area contributed by atoms with Crippen LogP contribution < -0.4 is 19.1 Å². The lowest BCUT2D eigenvalue weighted by Crippen LogP contribution is -2.14. The van der Waals surface area contributed by atoms with Crippen LogP contribution in [0.4, 0.5) is 11.4 Å². The average molecular weight is 348 g/mol. The predicted octanol–water partition coefficient (Wildman–Crippen LogP) is 2.50. The highest BCUT2D eigenvalue weighted by Gasteiger charge is 2.20. The standard InChI is InChI=1S/C17H20N2O4S/c1-19-9-8-12-10-13(4-6-15(12)19)18-24(20,21)14-5-7-16(22-2)17(11-14)23-3/h4-7,10-11,18H,8-9H2,1-3H3. The molecular formula is C17H20N2O4S. The van der Waals surface area contributed by atoms with E-state index in [1.807, 2.05) is 19.2 Å². The molecule has 7 heteroatoms. The Bertz CT molecular complexity index is 865. The van der Waals surface area contributed by atoms with E-state index in [-0.39, 0.29) is 4.90 Å². The van der Waals surface area contributed by atoms with Crippen molar-refractivity contribution in [3.63, 3.8) is 0 Å².